The number of sulfonamides is 1. The Balaban J connectivity index is 1.50. The molecular formula is C23H26N4O4S2. The number of nitrogens with one attached hydrogen (secondary N) is 1. The molecule has 1 aromatic heterocycles. The van der Waals surface area contributed by atoms with E-state index < -0.39 is 10.0 Å². The van der Waals surface area contributed by atoms with E-state index in [2.05, 4.69) is 15.2 Å². The highest BCUT2D eigenvalue weighted by Crippen LogP contribution is 2.30. The van der Waals surface area contributed by atoms with Crippen LogP contribution in [0.1, 0.15) is 29.6 Å². The maximum atomic E-state index is 13.4. The highest BCUT2D eigenvalue weighted by atomic mass is 32.2. The van der Waals surface area contributed by atoms with Crippen molar-refractivity contribution in [3.63, 3.8) is 0 Å². The van der Waals surface area contributed by atoms with E-state index in [0.29, 0.717) is 55.8 Å². The van der Waals surface area contributed by atoms with E-state index in [1.54, 1.807) is 12.1 Å². The van der Waals surface area contributed by atoms with Crippen molar-refractivity contribution in [1.29, 1.82) is 0 Å². The Morgan fingerprint density at radius 1 is 1.00 bits per heavy atom. The number of piperidine rings is 1. The van der Waals surface area contributed by atoms with E-state index in [0.717, 1.165) is 29.5 Å². The molecule has 3 heterocycles. The SMILES string of the molecule is O=C(Nc1nc2ccccc2s1)c1cc(S(=O)(=O)N2CCCCC2)ccc1N1CCOCC1. The van der Waals surface area contributed by atoms with Gasteiger partial charge >= 0.3 is 0 Å². The molecule has 2 saturated heterocycles. The first-order chi connectivity index (χ1) is 16.0. The summed E-state index contributed by atoms with van der Waals surface area (Å²) in [6.45, 7) is 3.43. The summed E-state index contributed by atoms with van der Waals surface area (Å²) in [6.07, 6.45) is 2.75. The van der Waals surface area contributed by atoms with Gasteiger partial charge in [-0.05, 0) is 43.2 Å². The second-order valence-electron chi connectivity index (χ2n) is 8.18. The number of hydrogen-bond acceptors (Lipinski definition) is 7. The van der Waals surface area contributed by atoms with E-state index in [9.17, 15) is 13.2 Å². The molecule has 0 atom stereocenters. The summed E-state index contributed by atoms with van der Waals surface area (Å²) in [6, 6.07) is 12.5. The quantitative estimate of drug-likeness (QED) is 0.593. The number of thiazole rings is 1. The van der Waals surface area contributed by atoms with Crippen molar-refractivity contribution in [1.82, 2.24) is 9.29 Å². The smallest absolute Gasteiger partial charge is 0.259 e. The molecule has 8 nitrogen and oxygen atoms in total. The molecule has 0 spiro atoms. The van der Waals surface area contributed by atoms with Gasteiger partial charge < -0.3 is 9.64 Å². The molecule has 2 aliphatic heterocycles. The lowest BCUT2D eigenvalue weighted by Gasteiger charge is -2.31. The molecular weight excluding hydrogens is 460 g/mol. The van der Waals surface area contributed by atoms with Gasteiger partial charge in [-0.15, -0.1) is 0 Å². The van der Waals surface area contributed by atoms with Crippen molar-refractivity contribution in [2.45, 2.75) is 24.2 Å². The number of benzene rings is 2. The number of aromatic nitrogens is 1. The van der Waals surface area contributed by atoms with Crippen LogP contribution in [0, 0.1) is 0 Å². The Labute approximate surface area is 197 Å². The lowest BCUT2D eigenvalue weighted by molar-refractivity contribution is 0.102. The summed E-state index contributed by atoms with van der Waals surface area (Å²) in [4.78, 5) is 20.1. The van der Waals surface area contributed by atoms with Gasteiger partial charge in [-0.2, -0.15) is 4.31 Å². The fourth-order valence-corrected chi connectivity index (χ4v) is 6.69. The first-order valence-electron chi connectivity index (χ1n) is 11.2. The molecule has 2 aromatic carbocycles. The Morgan fingerprint density at radius 3 is 2.52 bits per heavy atom. The largest absolute Gasteiger partial charge is 0.378 e. The summed E-state index contributed by atoms with van der Waals surface area (Å²) >= 11 is 1.39. The van der Waals surface area contributed by atoms with Crippen molar-refractivity contribution in [2.75, 3.05) is 49.6 Å². The number of anilines is 2. The second kappa shape index (κ2) is 9.38. The standard InChI is InChI=1S/C23H26N4O4S2/c28-22(25-23-24-19-6-2-3-7-21(19)32-23)18-16-17(33(29,30)27-10-4-1-5-11-27)8-9-20(18)26-12-14-31-15-13-26/h2-3,6-9,16H,1,4-5,10-15H2,(H,24,25,28). The van der Waals surface area contributed by atoms with Crippen molar-refractivity contribution >= 4 is 48.3 Å². The van der Waals surface area contributed by atoms with Crippen molar-refractivity contribution in [2.24, 2.45) is 0 Å². The molecule has 3 aromatic rings. The van der Waals surface area contributed by atoms with Gasteiger partial charge in [0.05, 0.1) is 33.9 Å². The highest BCUT2D eigenvalue weighted by Gasteiger charge is 2.29. The molecule has 1 amide bonds. The van der Waals surface area contributed by atoms with E-state index >= 15 is 0 Å². The number of carbonyl (C=O) groups excluding carboxylic acids is 1. The van der Waals surface area contributed by atoms with Crippen LogP contribution in [0.2, 0.25) is 0 Å². The number of morpholine rings is 1. The topological polar surface area (TPSA) is 91.8 Å². The van der Waals surface area contributed by atoms with E-state index in [1.165, 1.54) is 21.7 Å². The van der Waals surface area contributed by atoms with Crippen molar-refractivity contribution in [3.8, 4) is 0 Å². The maximum absolute atomic E-state index is 13.4. The van der Waals surface area contributed by atoms with Crippen LogP contribution in [-0.2, 0) is 14.8 Å². The van der Waals surface area contributed by atoms with E-state index in [-0.39, 0.29) is 10.8 Å². The van der Waals surface area contributed by atoms with Gasteiger partial charge in [0.15, 0.2) is 5.13 Å². The number of para-hydroxylation sites is 1. The van der Waals surface area contributed by atoms with Crippen LogP contribution < -0.4 is 10.2 Å². The van der Waals surface area contributed by atoms with Gasteiger partial charge in [0.25, 0.3) is 5.91 Å². The molecule has 33 heavy (non-hydrogen) atoms. The van der Waals surface area contributed by atoms with Crippen molar-refractivity contribution < 1.29 is 17.9 Å². The fraction of sp³-hybridized carbons (Fsp3) is 0.391. The summed E-state index contributed by atoms with van der Waals surface area (Å²) < 4.78 is 34.5. The lowest BCUT2D eigenvalue weighted by atomic mass is 10.1. The third-order valence-electron chi connectivity index (χ3n) is 6.03. The minimum absolute atomic E-state index is 0.149. The third kappa shape index (κ3) is 4.61. The number of carbonyl (C=O) groups is 1. The zero-order chi connectivity index (χ0) is 22.8. The molecule has 0 bridgehead atoms. The van der Waals surface area contributed by atoms with Gasteiger partial charge in [-0.1, -0.05) is 29.9 Å². The molecule has 10 heteroatoms. The molecule has 0 saturated carbocycles. The van der Waals surface area contributed by atoms with Crippen molar-refractivity contribution in [3.05, 3.63) is 48.0 Å². The normalized spacial score (nSPS) is 17.9. The average molecular weight is 487 g/mol. The Kier molecular flexibility index (Phi) is 6.33. The second-order valence-corrected chi connectivity index (χ2v) is 11.2. The number of fused-ring (bicyclic) bond motifs is 1. The first-order valence-corrected chi connectivity index (χ1v) is 13.4. The highest BCUT2D eigenvalue weighted by molar-refractivity contribution is 7.89. The molecule has 2 fully saturated rings. The summed E-state index contributed by atoms with van der Waals surface area (Å²) in [5.74, 6) is -0.369. The molecule has 0 radical (unpaired) electrons. The van der Waals surface area contributed by atoms with Gasteiger partial charge in [-0.25, -0.2) is 13.4 Å². The average Bonchev–Trinajstić information content (AvgIpc) is 3.27. The van der Waals surface area contributed by atoms with Crippen LogP contribution in [0.3, 0.4) is 0 Å². The first kappa shape index (κ1) is 22.3. The summed E-state index contributed by atoms with van der Waals surface area (Å²) in [5, 5.41) is 3.37. The van der Waals surface area contributed by atoms with Gasteiger partial charge in [0.1, 0.15) is 0 Å². The number of rotatable bonds is 5. The van der Waals surface area contributed by atoms with Crippen LogP contribution >= 0.6 is 11.3 Å². The van der Waals surface area contributed by atoms with Crippen LogP contribution in [-0.4, -0.2) is 63.0 Å². The molecule has 0 aliphatic carbocycles. The van der Waals surface area contributed by atoms with E-state index in [1.807, 2.05) is 24.3 Å². The van der Waals surface area contributed by atoms with Crippen LogP contribution in [0.5, 0.6) is 0 Å². The Hall–Kier alpha value is -2.53. The summed E-state index contributed by atoms with van der Waals surface area (Å²) in [7, 11) is -3.66. The summed E-state index contributed by atoms with van der Waals surface area (Å²) in [5.41, 5.74) is 1.84. The van der Waals surface area contributed by atoms with Crippen LogP contribution in [0.15, 0.2) is 47.4 Å². The zero-order valence-corrected chi connectivity index (χ0v) is 19.8. The predicted octanol–water partition coefficient (Wildman–Crippen LogP) is 3.56. The monoisotopic (exact) mass is 486 g/mol. The van der Waals surface area contributed by atoms with E-state index in [4.69, 9.17) is 4.74 Å². The Morgan fingerprint density at radius 2 is 1.76 bits per heavy atom. The van der Waals surface area contributed by atoms with Gasteiger partial charge in [-0.3, -0.25) is 10.1 Å². The maximum Gasteiger partial charge on any atom is 0.259 e. The van der Waals surface area contributed by atoms with Gasteiger partial charge in [0.2, 0.25) is 10.0 Å². The fourth-order valence-electron chi connectivity index (χ4n) is 4.28. The zero-order valence-electron chi connectivity index (χ0n) is 18.2. The number of ether oxygens (including phenoxy) is 1. The number of nitrogens with zero attached hydrogens (tertiary/aromatic N) is 3. The third-order valence-corrected chi connectivity index (χ3v) is 8.88. The molecule has 5 rings (SSSR count). The Bertz CT molecular complexity index is 1230. The minimum atomic E-state index is -3.66. The van der Waals surface area contributed by atoms with Crippen LogP contribution in [0.25, 0.3) is 10.2 Å². The molecule has 2 aliphatic rings. The van der Waals surface area contributed by atoms with Crippen LogP contribution in [0.4, 0.5) is 10.8 Å². The minimum Gasteiger partial charge on any atom is -0.378 e. The molecule has 0 unspecified atom stereocenters. The molecule has 1 N–H and O–H groups in total. The molecule has 174 valence electrons. The van der Waals surface area contributed by atoms with Gasteiger partial charge in [0, 0.05) is 31.9 Å². The number of hydrogen-bond donors (Lipinski definition) is 1. The number of amides is 1. The predicted molar refractivity (Wildman–Crippen MR) is 130 cm³/mol. The lowest BCUT2D eigenvalue weighted by Crippen LogP contribution is -2.38.